The second-order valence-electron chi connectivity index (χ2n) is 4.70. The molecule has 0 heterocycles. The summed E-state index contributed by atoms with van der Waals surface area (Å²) in [7, 11) is 0. The Morgan fingerprint density at radius 3 is 1.42 bits per heavy atom. The molecule has 100 valence electrons. The first-order valence-corrected chi connectivity index (χ1v) is 6.64. The van der Waals surface area contributed by atoms with Crippen LogP contribution in [0.3, 0.4) is 0 Å². The lowest BCUT2D eigenvalue weighted by Gasteiger charge is -2.19. The van der Waals surface area contributed by atoms with Gasteiger partial charge in [-0.25, -0.2) is 0 Å². The number of ether oxygens (including phenoxy) is 2. The van der Waals surface area contributed by atoms with Gasteiger partial charge in [-0.1, -0.05) is 42.3 Å². The molecule has 0 aromatic heterocycles. The van der Waals surface area contributed by atoms with Crippen molar-refractivity contribution in [3.05, 3.63) is 59.7 Å². The van der Waals surface area contributed by atoms with Crippen molar-refractivity contribution < 1.29 is 9.47 Å². The molecule has 0 aliphatic heterocycles. The summed E-state index contributed by atoms with van der Waals surface area (Å²) in [5, 5.41) is 0. The van der Waals surface area contributed by atoms with Gasteiger partial charge in [-0.15, -0.1) is 0 Å². The molecule has 0 amide bonds. The van der Waals surface area contributed by atoms with Gasteiger partial charge in [0.05, 0.1) is 0 Å². The third kappa shape index (κ3) is 4.02. The molecule has 0 atom stereocenters. The lowest BCUT2D eigenvalue weighted by molar-refractivity contribution is 0.00329. The fourth-order valence-electron chi connectivity index (χ4n) is 1.73. The number of aryl methyl sites for hydroxylation is 2. The average Bonchev–Trinajstić information content (AvgIpc) is 2.43. The highest BCUT2D eigenvalue weighted by molar-refractivity contribution is 5.28. The molecule has 0 fully saturated rings. The van der Waals surface area contributed by atoms with E-state index in [4.69, 9.17) is 9.47 Å². The molecular formula is C17H20O2. The van der Waals surface area contributed by atoms with Crippen LogP contribution in [0.2, 0.25) is 0 Å². The van der Waals surface area contributed by atoms with Gasteiger partial charge in [-0.2, -0.15) is 0 Å². The standard InChI is InChI=1S/C17H20O2/c1-4-17(18-15-9-5-13(2)6-10-15)19-16-11-7-14(3)8-12-16/h5-12,17H,4H2,1-3H3. The maximum absolute atomic E-state index is 5.83. The minimum atomic E-state index is -0.259. The lowest BCUT2D eigenvalue weighted by atomic mass is 10.2. The van der Waals surface area contributed by atoms with Crippen LogP contribution in [0.5, 0.6) is 11.5 Å². The number of benzene rings is 2. The lowest BCUT2D eigenvalue weighted by Crippen LogP contribution is -2.22. The normalized spacial score (nSPS) is 10.5. The van der Waals surface area contributed by atoms with Crippen LogP contribution >= 0.6 is 0 Å². The van der Waals surface area contributed by atoms with Crippen LogP contribution in [0.4, 0.5) is 0 Å². The Morgan fingerprint density at radius 1 is 0.737 bits per heavy atom. The Morgan fingerprint density at radius 2 is 1.11 bits per heavy atom. The highest BCUT2D eigenvalue weighted by Crippen LogP contribution is 2.18. The Balaban J connectivity index is 2.00. The van der Waals surface area contributed by atoms with Crippen LogP contribution in [-0.4, -0.2) is 6.29 Å². The minimum absolute atomic E-state index is 0.259. The van der Waals surface area contributed by atoms with E-state index in [1.807, 2.05) is 55.5 Å². The van der Waals surface area contributed by atoms with Gasteiger partial charge in [0, 0.05) is 6.42 Å². The van der Waals surface area contributed by atoms with Gasteiger partial charge in [-0.05, 0) is 38.1 Å². The largest absolute Gasteiger partial charge is 0.455 e. The Kier molecular flexibility index (Phi) is 4.45. The van der Waals surface area contributed by atoms with Crippen molar-refractivity contribution in [3.63, 3.8) is 0 Å². The number of hydrogen-bond donors (Lipinski definition) is 0. The van der Waals surface area contributed by atoms with Crippen molar-refractivity contribution in [2.45, 2.75) is 33.5 Å². The van der Waals surface area contributed by atoms with E-state index in [9.17, 15) is 0 Å². The predicted molar refractivity (Wildman–Crippen MR) is 77.7 cm³/mol. The van der Waals surface area contributed by atoms with E-state index in [0.29, 0.717) is 0 Å². The average molecular weight is 256 g/mol. The van der Waals surface area contributed by atoms with E-state index in [0.717, 1.165) is 17.9 Å². The Bertz CT molecular complexity index is 452. The number of hydrogen-bond acceptors (Lipinski definition) is 2. The zero-order valence-corrected chi connectivity index (χ0v) is 11.7. The van der Waals surface area contributed by atoms with Gasteiger partial charge in [0.15, 0.2) is 0 Å². The van der Waals surface area contributed by atoms with E-state index in [-0.39, 0.29) is 6.29 Å². The second-order valence-corrected chi connectivity index (χ2v) is 4.70. The maximum Gasteiger partial charge on any atom is 0.240 e. The second kappa shape index (κ2) is 6.28. The van der Waals surface area contributed by atoms with Gasteiger partial charge in [0.25, 0.3) is 0 Å². The van der Waals surface area contributed by atoms with E-state index >= 15 is 0 Å². The summed E-state index contributed by atoms with van der Waals surface area (Å²) in [6.07, 6.45) is 0.535. The maximum atomic E-state index is 5.83. The molecule has 0 saturated carbocycles. The van der Waals surface area contributed by atoms with Crippen LogP contribution in [0.15, 0.2) is 48.5 Å². The van der Waals surface area contributed by atoms with Crippen molar-refractivity contribution >= 4 is 0 Å². The summed E-state index contributed by atoms with van der Waals surface area (Å²) < 4.78 is 11.7. The fraction of sp³-hybridized carbons (Fsp3) is 0.294. The topological polar surface area (TPSA) is 18.5 Å². The first-order valence-electron chi connectivity index (χ1n) is 6.64. The molecule has 0 aliphatic carbocycles. The van der Waals surface area contributed by atoms with Crippen LogP contribution < -0.4 is 9.47 Å². The molecule has 2 aromatic rings. The highest BCUT2D eigenvalue weighted by atomic mass is 16.7. The van der Waals surface area contributed by atoms with Crippen LogP contribution in [0, 0.1) is 13.8 Å². The molecule has 2 aromatic carbocycles. The van der Waals surface area contributed by atoms with Gasteiger partial charge >= 0.3 is 0 Å². The van der Waals surface area contributed by atoms with Crippen LogP contribution in [0.25, 0.3) is 0 Å². The highest BCUT2D eigenvalue weighted by Gasteiger charge is 2.09. The molecule has 0 bridgehead atoms. The monoisotopic (exact) mass is 256 g/mol. The molecule has 0 aliphatic rings. The van der Waals surface area contributed by atoms with Crippen molar-refractivity contribution in [2.75, 3.05) is 0 Å². The molecule has 2 nitrogen and oxygen atoms in total. The van der Waals surface area contributed by atoms with Gasteiger partial charge in [0.2, 0.25) is 6.29 Å². The minimum Gasteiger partial charge on any atom is -0.455 e. The molecule has 0 unspecified atom stereocenters. The summed E-state index contributed by atoms with van der Waals surface area (Å²) in [6, 6.07) is 16.0. The first-order chi connectivity index (χ1) is 9.17. The van der Waals surface area contributed by atoms with Crippen molar-refractivity contribution in [1.82, 2.24) is 0 Å². The molecule has 2 heteroatoms. The van der Waals surface area contributed by atoms with E-state index in [1.165, 1.54) is 11.1 Å². The predicted octanol–water partition coefficient (Wildman–Crippen LogP) is 4.50. The molecule has 0 N–H and O–H groups in total. The summed E-state index contributed by atoms with van der Waals surface area (Å²) in [6.45, 7) is 6.17. The van der Waals surface area contributed by atoms with Crippen molar-refractivity contribution in [3.8, 4) is 11.5 Å². The molecule has 0 radical (unpaired) electrons. The third-order valence-corrected chi connectivity index (χ3v) is 2.91. The molecule has 2 rings (SSSR count). The van der Waals surface area contributed by atoms with Gasteiger partial charge in [-0.3, -0.25) is 0 Å². The Hall–Kier alpha value is -1.96. The summed E-state index contributed by atoms with van der Waals surface area (Å²) in [4.78, 5) is 0. The molecular weight excluding hydrogens is 236 g/mol. The van der Waals surface area contributed by atoms with Crippen LogP contribution in [-0.2, 0) is 0 Å². The third-order valence-electron chi connectivity index (χ3n) is 2.91. The SMILES string of the molecule is CCC(Oc1ccc(C)cc1)Oc1ccc(C)cc1. The van der Waals surface area contributed by atoms with Crippen LogP contribution in [0.1, 0.15) is 24.5 Å². The van der Waals surface area contributed by atoms with E-state index in [1.54, 1.807) is 0 Å². The van der Waals surface area contributed by atoms with E-state index in [2.05, 4.69) is 13.8 Å². The number of rotatable bonds is 5. The van der Waals surface area contributed by atoms with Crippen molar-refractivity contribution in [1.29, 1.82) is 0 Å². The van der Waals surface area contributed by atoms with Gasteiger partial charge in [0.1, 0.15) is 11.5 Å². The molecule has 0 spiro atoms. The zero-order chi connectivity index (χ0) is 13.7. The van der Waals surface area contributed by atoms with Gasteiger partial charge < -0.3 is 9.47 Å². The van der Waals surface area contributed by atoms with E-state index < -0.39 is 0 Å². The van der Waals surface area contributed by atoms with Crippen molar-refractivity contribution in [2.24, 2.45) is 0 Å². The summed E-state index contributed by atoms with van der Waals surface area (Å²) in [5.41, 5.74) is 2.44. The smallest absolute Gasteiger partial charge is 0.240 e. The zero-order valence-electron chi connectivity index (χ0n) is 11.7. The Labute approximate surface area is 115 Å². The summed E-state index contributed by atoms with van der Waals surface area (Å²) >= 11 is 0. The molecule has 0 saturated heterocycles. The fourth-order valence-corrected chi connectivity index (χ4v) is 1.73. The first kappa shape index (κ1) is 13.5. The summed E-state index contributed by atoms with van der Waals surface area (Å²) in [5.74, 6) is 1.68. The molecule has 19 heavy (non-hydrogen) atoms. The quantitative estimate of drug-likeness (QED) is 0.733.